The zero-order valence-electron chi connectivity index (χ0n) is 29.2. The number of esters is 1. The summed E-state index contributed by atoms with van der Waals surface area (Å²) in [7, 11) is 0. The lowest BCUT2D eigenvalue weighted by atomic mass is 9.84. The molecule has 4 N–H and O–H groups in total. The lowest BCUT2D eigenvalue weighted by Gasteiger charge is -2.37. The third-order valence-corrected chi connectivity index (χ3v) is 10.2. The first-order valence-electron chi connectivity index (χ1n) is 17.6. The van der Waals surface area contributed by atoms with Crippen LogP contribution in [0, 0.1) is 5.41 Å². The van der Waals surface area contributed by atoms with Crippen LogP contribution in [0.3, 0.4) is 0 Å². The normalized spacial score (nSPS) is 22.4. The van der Waals surface area contributed by atoms with Crippen molar-refractivity contribution in [2.75, 3.05) is 28.2 Å². The minimum atomic E-state index is -0.947. The number of urea groups is 1. The molecule has 2 aromatic carbocycles. The highest BCUT2D eigenvalue weighted by Crippen LogP contribution is 2.38. The number of anilines is 3. The summed E-state index contributed by atoms with van der Waals surface area (Å²) in [5.41, 5.74) is 7.22. The van der Waals surface area contributed by atoms with Gasteiger partial charge in [0.15, 0.2) is 5.78 Å². The van der Waals surface area contributed by atoms with Gasteiger partial charge in [0.25, 0.3) is 5.91 Å². The van der Waals surface area contributed by atoms with E-state index in [0.717, 1.165) is 57.1 Å². The molecule has 10 nitrogen and oxygen atoms in total. The molecule has 0 spiro atoms. The van der Waals surface area contributed by atoms with Crippen molar-refractivity contribution in [3.63, 3.8) is 0 Å². The van der Waals surface area contributed by atoms with Gasteiger partial charge in [0.1, 0.15) is 12.1 Å². The molecule has 2 aliphatic carbocycles. The summed E-state index contributed by atoms with van der Waals surface area (Å²) >= 11 is 0. The zero-order valence-corrected chi connectivity index (χ0v) is 29.2. The van der Waals surface area contributed by atoms with E-state index >= 15 is 0 Å². The average Bonchev–Trinajstić information content (AvgIpc) is 3.16. The van der Waals surface area contributed by atoms with Crippen LogP contribution in [0.2, 0.25) is 0 Å². The van der Waals surface area contributed by atoms with Gasteiger partial charge in [0.05, 0.1) is 23.3 Å². The Morgan fingerprint density at radius 2 is 1.54 bits per heavy atom. The molecule has 10 heteroatoms. The van der Waals surface area contributed by atoms with Crippen LogP contribution in [-0.4, -0.2) is 61.0 Å². The number of amides is 3. The number of benzene rings is 2. The maximum Gasteiger partial charge on any atom is 0.319 e. The number of ketones is 1. The summed E-state index contributed by atoms with van der Waals surface area (Å²) in [5.74, 6) is -0.708. The molecular weight excluding hydrogens is 606 g/mol. The number of para-hydroxylation sites is 2. The van der Waals surface area contributed by atoms with Crippen molar-refractivity contribution in [3.05, 3.63) is 54.1 Å². The van der Waals surface area contributed by atoms with Crippen LogP contribution in [0.25, 0.3) is 0 Å². The monoisotopic (exact) mass is 659 g/mol. The van der Waals surface area contributed by atoms with Crippen molar-refractivity contribution in [1.82, 2.24) is 5.32 Å². The van der Waals surface area contributed by atoms with E-state index in [1.54, 1.807) is 23.1 Å². The van der Waals surface area contributed by atoms with Crippen LogP contribution < -0.4 is 26.2 Å². The standard InChI is InChI=1S/C38H53N5O5/c1-37(2,3)33(44)24-43-32-17-10-9-16-31(32)42(28-14-7-6-8-15-28)23-30(34(43)45)41-36(47)40-27-13-11-12-25(22-27)38(4,5)35(46)48-29-20-18-26(39)19-21-29/h9-13,16-17,22,26,28-30H,6-8,14-15,18-21,23-24,39H2,1-5H3,(H2,40,41,47). The molecule has 5 rings (SSSR count). The van der Waals surface area contributed by atoms with Gasteiger partial charge in [-0.2, -0.15) is 0 Å². The second-order valence-corrected chi connectivity index (χ2v) is 15.3. The van der Waals surface area contributed by atoms with Gasteiger partial charge in [0, 0.05) is 29.7 Å². The largest absolute Gasteiger partial charge is 0.462 e. The average molecular weight is 660 g/mol. The van der Waals surface area contributed by atoms with Crippen molar-refractivity contribution < 1.29 is 23.9 Å². The van der Waals surface area contributed by atoms with E-state index in [9.17, 15) is 19.2 Å². The number of nitrogens with two attached hydrogens (primary N) is 1. The fourth-order valence-electron chi connectivity index (χ4n) is 6.94. The predicted molar refractivity (Wildman–Crippen MR) is 189 cm³/mol. The minimum Gasteiger partial charge on any atom is -0.462 e. The van der Waals surface area contributed by atoms with Gasteiger partial charge in [-0.15, -0.1) is 0 Å². The highest BCUT2D eigenvalue weighted by Gasteiger charge is 2.39. The molecular formula is C38H53N5O5. The molecule has 0 bridgehead atoms. The van der Waals surface area contributed by atoms with Crippen molar-refractivity contribution in [2.45, 2.75) is 122 Å². The molecule has 1 aliphatic heterocycles. The summed E-state index contributed by atoms with van der Waals surface area (Å²) in [6.07, 6.45) is 8.46. The smallest absolute Gasteiger partial charge is 0.319 e. The van der Waals surface area contributed by atoms with Crippen LogP contribution in [0.5, 0.6) is 0 Å². The number of nitrogens with one attached hydrogen (secondary N) is 2. The van der Waals surface area contributed by atoms with E-state index in [2.05, 4.69) is 15.5 Å². The topological polar surface area (TPSA) is 134 Å². The van der Waals surface area contributed by atoms with Gasteiger partial charge < -0.3 is 30.9 Å². The molecule has 260 valence electrons. The fourth-order valence-corrected chi connectivity index (χ4v) is 6.94. The van der Waals surface area contributed by atoms with E-state index < -0.39 is 22.9 Å². The lowest BCUT2D eigenvalue weighted by molar-refractivity contribution is -0.156. The first-order valence-corrected chi connectivity index (χ1v) is 17.6. The molecule has 1 unspecified atom stereocenters. The Morgan fingerprint density at radius 1 is 0.875 bits per heavy atom. The van der Waals surface area contributed by atoms with Gasteiger partial charge in [-0.3, -0.25) is 14.4 Å². The first kappa shape index (κ1) is 35.4. The van der Waals surface area contributed by atoms with Crippen molar-refractivity contribution in [2.24, 2.45) is 11.1 Å². The number of fused-ring (bicyclic) bond motifs is 1. The second-order valence-electron chi connectivity index (χ2n) is 15.3. The van der Waals surface area contributed by atoms with Crippen molar-refractivity contribution >= 4 is 40.8 Å². The van der Waals surface area contributed by atoms with E-state index in [1.165, 1.54) is 6.42 Å². The highest BCUT2D eigenvalue weighted by molar-refractivity contribution is 6.08. The Kier molecular flexibility index (Phi) is 10.8. The number of hydrogen-bond acceptors (Lipinski definition) is 7. The fraction of sp³-hybridized carbons (Fsp3) is 0.579. The SMILES string of the molecule is CC(C)(C)C(=O)CN1C(=O)C(NC(=O)Nc2cccc(C(C)(C)C(=O)OC3CCC(N)CC3)c2)CN(C2CCCCC2)c2ccccc21. The maximum absolute atomic E-state index is 14.3. The Hall–Kier alpha value is -3.92. The molecule has 1 heterocycles. The van der Waals surface area contributed by atoms with Gasteiger partial charge >= 0.3 is 12.0 Å². The van der Waals surface area contributed by atoms with Crippen LogP contribution in [0.4, 0.5) is 21.9 Å². The van der Waals surface area contributed by atoms with E-state index in [1.807, 2.05) is 65.0 Å². The molecule has 3 aliphatic rings. The number of carbonyl (C=O) groups is 4. The van der Waals surface area contributed by atoms with E-state index in [4.69, 9.17) is 10.5 Å². The predicted octanol–water partition coefficient (Wildman–Crippen LogP) is 6.07. The first-order chi connectivity index (χ1) is 22.7. The minimum absolute atomic E-state index is 0.0648. The Morgan fingerprint density at radius 3 is 2.21 bits per heavy atom. The van der Waals surface area contributed by atoms with E-state index in [0.29, 0.717) is 23.5 Å². The Balaban J connectivity index is 1.35. The summed E-state index contributed by atoms with van der Waals surface area (Å²) < 4.78 is 5.88. The maximum atomic E-state index is 14.3. The third-order valence-electron chi connectivity index (χ3n) is 10.2. The molecule has 2 saturated carbocycles. The molecule has 0 aromatic heterocycles. The van der Waals surface area contributed by atoms with Crippen LogP contribution in [0.15, 0.2) is 48.5 Å². The molecule has 0 radical (unpaired) electrons. The Labute approximate surface area is 285 Å². The molecule has 0 saturated heterocycles. The quantitative estimate of drug-likeness (QED) is 0.293. The second kappa shape index (κ2) is 14.7. The van der Waals surface area contributed by atoms with Crippen LogP contribution in [0.1, 0.15) is 98.0 Å². The summed E-state index contributed by atoms with van der Waals surface area (Å²) in [4.78, 5) is 58.2. The number of rotatable bonds is 8. The number of Topliss-reactive ketones (excluding diaryl/α,β-unsaturated/α-hetero) is 1. The molecule has 2 aromatic rings. The molecule has 1 atom stereocenters. The zero-order chi connectivity index (χ0) is 34.6. The summed E-state index contributed by atoms with van der Waals surface area (Å²) in [5, 5.41) is 5.84. The van der Waals surface area contributed by atoms with Crippen LogP contribution in [-0.2, 0) is 24.5 Å². The van der Waals surface area contributed by atoms with Gasteiger partial charge in [-0.05, 0) is 82.2 Å². The van der Waals surface area contributed by atoms with Crippen molar-refractivity contribution in [3.8, 4) is 0 Å². The molecule has 48 heavy (non-hydrogen) atoms. The van der Waals surface area contributed by atoms with Crippen LogP contribution >= 0.6 is 0 Å². The number of hydrogen-bond donors (Lipinski definition) is 3. The number of carbonyl (C=O) groups excluding carboxylic acids is 4. The van der Waals surface area contributed by atoms with Gasteiger partial charge in [-0.25, -0.2) is 4.79 Å². The third kappa shape index (κ3) is 8.20. The lowest BCUT2D eigenvalue weighted by Crippen LogP contribution is -2.55. The molecule has 2 fully saturated rings. The summed E-state index contributed by atoms with van der Waals surface area (Å²) in [6.45, 7) is 9.39. The van der Waals surface area contributed by atoms with Gasteiger partial charge in [0.2, 0.25) is 0 Å². The summed E-state index contributed by atoms with van der Waals surface area (Å²) in [6, 6.07) is 13.8. The molecule has 3 amide bonds. The number of ether oxygens (including phenoxy) is 1. The van der Waals surface area contributed by atoms with Gasteiger partial charge in [-0.1, -0.05) is 64.3 Å². The van der Waals surface area contributed by atoms with E-state index in [-0.39, 0.29) is 42.4 Å². The highest BCUT2D eigenvalue weighted by atomic mass is 16.5. The van der Waals surface area contributed by atoms with Crippen molar-refractivity contribution in [1.29, 1.82) is 0 Å². The Bertz CT molecular complexity index is 1490. The number of nitrogens with zero attached hydrogens (tertiary/aromatic N) is 2.